The van der Waals surface area contributed by atoms with Crippen LogP contribution in [-0.2, 0) is 9.53 Å². The molecule has 176 valence electrons. The van der Waals surface area contributed by atoms with Gasteiger partial charge in [-0.05, 0) is 45.4 Å². The van der Waals surface area contributed by atoms with Crippen LogP contribution >= 0.6 is 0 Å². The van der Waals surface area contributed by atoms with Gasteiger partial charge in [0.2, 0.25) is 5.91 Å². The number of benzene rings is 1. The Kier molecular flexibility index (Phi) is 5.55. The van der Waals surface area contributed by atoms with Crippen molar-refractivity contribution in [2.24, 2.45) is 0 Å². The number of ether oxygens (including phenoxy) is 1. The van der Waals surface area contributed by atoms with E-state index in [9.17, 15) is 19.5 Å². The number of hydrogen-bond donors (Lipinski definition) is 1. The highest BCUT2D eigenvalue weighted by molar-refractivity contribution is 6.02. The summed E-state index contributed by atoms with van der Waals surface area (Å²) in [6, 6.07) is 5.21. The summed E-state index contributed by atoms with van der Waals surface area (Å²) in [6.45, 7) is 10.0. The first-order valence-electron chi connectivity index (χ1n) is 10.9. The second-order valence-electron chi connectivity index (χ2n) is 9.58. The summed E-state index contributed by atoms with van der Waals surface area (Å²) in [5, 5.41) is 14.2. The van der Waals surface area contributed by atoms with E-state index >= 15 is 0 Å². The maximum absolute atomic E-state index is 12.2. The Morgan fingerprint density at radius 3 is 2.39 bits per heavy atom. The van der Waals surface area contributed by atoms with Crippen LogP contribution in [0.5, 0.6) is 0 Å². The monoisotopic (exact) mass is 455 g/mol. The van der Waals surface area contributed by atoms with Crippen LogP contribution in [0.4, 0.5) is 21.0 Å². The molecule has 10 nitrogen and oxygen atoms in total. The van der Waals surface area contributed by atoms with Crippen LogP contribution in [0.2, 0.25) is 0 Å². The minimum Gasteiger partial charge on any atom is -0.465 e. The molecular weight excluding hydrogens is 426 g/mol. The molecule has 10 heteroatoms. The third kappa shape index (κ3) is 4.37. The van der Waals surface area contributed by atoms with Gasteiger partial charge in [-0.3, -0.25) is 14.4 Å². The van der Waals surface area contributed by atoms with Gasteiger partial charge in [-0.1, -0.05) is 6.07 Å². The summed E-state index contributed by atoms with van der Waals surface area (Å²) < 4.78 is 7.21. The van der Waals surface area contributed by atoms with Crippen LogP contribution in [0.1, 0.15) is 40.7 Å². The average Bonchev–Trinajstić information content (AvgIpc) is 3.13. The average molecular weight is 456 g/mol. The lowest BCUT2D eigenvalue weighted by molar-refractivity contribution is -0.117. The van der Waals surface area contributed by atoms with E-state index in [1.165, 1.54) is 11.8 Å². The largest absolute Gasteiger partial charge is 0.465 e. The van der Waals surface area contributed by atoms with Gasteiger partial charge in [0.1, 0.15) is 5.60 Å². The van der Waals surface area contributed by atoms with Gasteiger partial charge < -0.3 is 19.6 Å². The number of hydrogen-bond acceptors (Lipinski definition) is 5. The molecule has 4 rings (SSSR count). The Balaban J connectivity index is 1.54. The molecule has 1 aromatic heterocycles. The van der Waals surface area contributed by atoms with E-state index in [4.69, 9.17) is 4.74 Å². The summed E-state index contributed by atoms with van der Waals surface area (Å²) in [7, 11) is 0. The van der Waals surface area contributed by atoms with E-state index in [-0.39, 0.29) is 30.6 Å². The molecule has 1 saturated heterocycles. The molecule has 0 spiro atoms. The van der Waals surface area contributed by atoms with Crippen molar-refractivity contribution in [3.05, 3.63) is 30.6 Å². The van der Waals surface area contributed by atoms with Crippen molar-refractivity contribution < 1.29 is 24.2 Å². The van der Waals surface area contributed by atoms with Crippen molar-refractivity contribution in [3.8, 4) is 11.1 Å². The predicted octanol–water partition coefficient (Wildman–Crippen LogP) is 3.58. The number of aromatic nitrogens is 2. The van der Waals surface area contributed by atoms with Gasteiger partial charge in [0.05, 0.1) is 29.7 Å². The lowest BCUT2D eigenvalue weighted by atomic mass is 10.0. The molecule has 1 aromatic carbocycles. The molecule has 3 amide bonds. The van der Waals surface area contributed by atoms with Gasteiger partial charge in [-0.25, -0.2) is 9.59 Å². The van der Waals surface area contributed by atoms with E-state index in [0.29, 0.717) is 24.5 Å². The molecule has 1 unspecified atom stereocenters. The van der Waals surface area contributed by atoms with Gasteiger partial charge in [0.25, 0.3) is 0 Å². The third-order valence-corrected chi connectivity index (χ3v) is 5.81. The minimum atomic E-state index is -1.06. The molecule has 1 N–H and O–H groups in total. The molecular formula is C23H29N5O5. The zero-order chi connectivity index (χ0) is 24.1. The van der Waals surface area contributed by atoms with E-state index in [0.717, 1.165) is 11.1 Å². The first-order chi connectivity index (χ1) is 15.4. The van der Waals surface area contributed by atoms with Crippen molar-refractivity contribution in [2.75, 3.05) is 29.4 Å². The Hall–Kier alpha value is -3.56. The Morgan fingerprint density at radius 2 is 1.79 bits per heavy atom. The van der Waals surface area contributed by atoms with E-state index in [2.05, 4.69) is 5.10 Å². The highest BCUT2D eigenvalue weighted by atomic mass is 16.6. The molecule has 0 aliphatic carbocycles. The Bertz CT molecular complexity index is 1100. The van der Waals surface area contributed by atoms with Crippen LogP contribution in [0, 0.1) is 0 Å². The SMILES string of the molecule is CC(=O)N1c2ccc(-c3cnn(C4CN(C(=O)OC(C)(C)C)C4)c3)cc2N(C(=O)O)CC1C. The topological polar surface area (TPSA) is 108 Å². The number of fused-ring (bicyclic) bond motifs is 1. The number of carboxylic acid groups (broad SMARTS) is 1. The fourth-order valence-electron chi connectivity index (χ4n) is 4.25. The number of anilines is 2. The fraction of sp³-hybridized carbons (Fsp3) is 0.478. The standard InChI is InChI=1S/C23H29N5O5/c1-14-10-26(21(30)31)20-8-16(6-7-19(20)28(14)15(2)29)17-9-24-27(11-17)18-12-25(13-18)22(32)33-23(3,4)5/h6-9,11,14,18H,10,12-13H2,1-5H3,(H,30,31). The van der Waals surface area contributed by atoms with Crippen LogP contribution in [0.25, 0.3) is 11.1 Å². The van der Waals surface area contributed by atoms with E-state index in [1.54, 1.807) is 28.1 Å². The molecule has 33 heavy (non-hydrogen) atoms. The van der Waals surface area contributed by atoms with Gasteiger partial charge in [-0.15, -0.1) is 0 Å². The molecule has 0 bridgehead atoms. The molecule has 1 fully saturated rings. The first kappa shape index (κ1) is 22.6. The van der Waals surface area contributed by atoms with Gasteiger partial charge in [0.15, 0.2) is 0 Å². The fourth-order valence-corrected chi connectivity index (χ4v) is 4.25. The zero-order valence-electron chi connectivity index (χ0n) is 19.5. The van der Waals surface area contributed by atoms with Gasteiger partial charge >= 0.3 is 12.2 Å². The van der Waals surface area contributed by atoms with Crippen LogP contribution in [0.3, 0.4) is 0 Å². The molecule has 2 aliphatic heterocycles. The highest BCUT2D eigenvalue weighted by Gasteiger charge is 2.36. The Labute approximate surface area is 192 Å². The predicted molar refractivity (Wildman–Crippen MR) is 122 cm³/mol. The number of nitrogens with zero attached hydrogens (tertiary/aromatic N) is 5. The molecule has 2 aliphatic rings. The minimum absolute atomic E-state index is 0.0495. The van der Waals surface area contributed by atoms with Crippen LogP contribution in [-0.4, -0.2) is 69.2 Å². The smallest absolute Gasteiger partial charge is 0.411 e. The van der Waals surface area contributed by atoms with Crippen molar-refractivity contribution in [2.45, 2.75) is 52.3 Å². The highest BCUT2D eigenvalue weighted by Crippen LogP contribution is 2.39. The lowest BCUT2D eigenvalue weighted by Gasteiger charge is -2.39. The number of likely N-dealkylation sites (tertiary alicyclic amines) is 1. The van der Waals surface area contributed by atoms with E-state index < -0.39 is 11.7 Å². The lowest BCUT2D eigenvalue weighted by Crippen LogP contribution is -2.52. The maximum atomic E-state index is 12.2. The molecule has 1 atom stereocenters. The van der Waals surface area contributed by atoms with Crippen molar-refractivity contribution in [1.82, 2.24) is 14.7 Å². The second kappa shape index (κ2) is 8.09. The summed E-state index contributed by atoms with van der Waals surface area (Å²) in [4.78, 5) is 40.7. The normalized spacial score (nSPS) is 18.6. The third-order valence-electron chi connectivity index (χ3n) is 5.81. The van der Waals surface area contributed by atoms with Crippen LogP contribution in [0.15, 0.2) is 30.6 Å². The van der Waals surface area contributed by atoms with Crippen molar-refractivity contribution in [1.29, 1.82) is 0 Å². The van der Waals surface area contributed by atoms with Gasteiger partial charge in [-0.2, -0.15) is 5.10 Å². The summed E-state index contributed by atoms with van der Waals surface area (Å²) in [5.41, 5.74) is 2.14. The Morgan fingerprint density at radius 1 is 1.09 bits per heavy atom. The molecule has 0 saturated carbocycles. The number of amides is 3. The zero-order valence-corrected chi connectivity index (χ0v) is 19.5. The summed E-state index contributed by atoms with van der Waals surface area (Å²) in [5.74, 6) is -0.131. The van der Waals surface area contributed by atoms with Crippen molar-refractivity contribution >= 4 is 29.5 Å². The second-order valence-corrected chi connectivity index (χ2v) is 9.58. The molecule has 3 heterocycles. The molecule has 2 aromatic rings. The van der Waals surface area contributed by atoms with Crippen molar-refractivity contribution in [3.63, 3.8) is 0 Å². The quantitative estimate of drug-likeness (QED) is 0.742. The summed E-state index contributed by atoms with van der Waals surface area (Å²) in [6.07, 6.45) is 2.21. The maximum Gasteiger partial charge on any atom is 0.411 e. The summed E-state index contributed by atoms with van der Waals surface area (Å²) >= 11 is 0. The number of carbonyl (C=O) groups is 3. The molecule has 0 radical (unpaired) electrons. The van der Waals surface area contributed by atoms with Crippen LogP contribution < -0.4 is 9.80 Å². The first-order valence-corrected chi connectivity index (χ1v) is 10.9. The van der Waals surface area contributed by atoms with Gasteiger partial charge in [0, 0.05) is 38.3 Å². The number of carbonyl (C=O) groups excluding carboxylic acids is 2. The van der Waals surface area contributed by atoms with E-state index in [1.807, 2.05) is 44.6 Å². The number of rotatable bonds is 2.